The van der Waals surface area contributed by atoms with Crippen LogP contribution < -0.4 is 5.43 Å². The van der Waals surface area contributed by atoms with Gasteiger partial charge in [-0.1, -0.05) is 47.5 Å². The Bertz CT molecular complexity index is 1120. The molecule has 0 fully saturated rings. The zero-order valence-electron chi connectivity index (χ0n) is 17.3. The van der Waals surface area contributed by atoms with E-state index >= 15 is 0 Å². The van der Waals surface area contributed by atoms with Gasteiger partial charge in [0.1, 0.15) is 18.1 Å². The molecule has 2 heterocycles. The van der Waals surface area contributed by atoms with E-state index in [0.717, 1.165) is 21.8 Å². The Morgan fingerprint density at radius 2 is 1.90 bits per heavy atom. The Morgan fingerprint density at radius 3 is 2.58 bits per heavy atom. The molecule has 0 bridgehead atoms. The molecule has 0 unspecified atom stereocenters. The first kappa shape index (κ1) is 21.2. The Balaban J connectivity index is 1.59. The summed E-state index contributed by atoms with van der Waals surface area (Å²) in [6.45, 7) is 2.72. The Hall–Kier alpha value is -3.09. The molecule has 1 aromatic heterocycles. The number of hydrazone groups is 1. The highest BCUT2D eigenvalue weighted by molar-refractivity contribution is 7.11. The Kier molecular flexibility index (Phi) is 6.39. The monoisotopic (exact) mass is 451 g/mol. The van der Waals surface area contributed by atoms with Crippen molar-refractivity contribution >= 4 is 45.8 Å². The first-order valence-electron chi connectivity index (χ1n) is 9.82. The zero-order chi connectivity index (χ0) is 21.8. The molecular weight excluding hydrogens is 430 g/mol. The lowest BCUT2D eigenvalue weighted by molar-refractivity contribution is -0.122. The lowest BCUT2D eigenvalue weighted by Gasteiger charge is -2.13. The van der Waals surface area contributed by atoms with E-state index in [1.54, 1.807) is 24.1 Å². The third-order valence-corrected chi connectivity index (χ3v) is 6.06. The molecule has 3 aromatic rings. The number of rotatable bonds is 7. The second-order valence-corrected chi connectivity index (χ2v) is 8.65. The van der Waals surface area contributed by atoms with Gasteiger partial charge in [-0.15, -0.1) is 11.3 Å². The Morgan fingerprint density at radius 1 is 1.16 bits per heavy atom. The summed E-state index contributed by atoms with van der Waals surface area (Å²) < 4.78 is 6.17. The summed E-state index contributed by atoms with van der Waals surface area (Å²) in [6, 6.07) is 19.3. The van der Waals surface area contributed by atoms with Crippen molar-refractivity contribution in [2.45, 2.75) is 6.92 Å². The number of likely N-dealkylation sites (N-methyl/N-ethyl adjacent to an activating group) is 1. The number of hydrogen-bond acceptors (Lipinski definition) is 5. The van der Waals surface area contributed by atoms with Crippen LogP contribution >= 0.6 is 22.9 Å². The molecule has 31 heavy (non-hydrogen) atoms. The van der Waals surface area contributed by atoms with Crippen molar-refractivity contribution in [1.82, 2.24) is 4.90 Å². The van der Waals surface area contributed by atoms with Crippen molar-refractivity contribution in [1.29, 1.82) is 0 Å². The normalized spacial score (nSPS) is 14.4. The van der Waals surface area contributed by atoms with Gasteiger partial charge in [-0.3, -0.25) is 10.2 Å². The van der Waals surface area contributed by atoms with Gasteiger partial charge in [-0.25, -0.2) is 0 Å². The molecule has 1 aliphatic rings. The topological polar surface area (TPSA) is 53.9 Å². The highest BCUT2D eigenvalue weighted by Crippen LogP contribution is 2.31. The number of ether oxygens (including phenoxy) is 1. The van der Waals surface area contributed by atoms with Crippen molar-refractivity contribution in [3.8, 4) is 0 Å². The number of halogens is 1. The maximum absolute atomic E-state index is 12.6. The van der Waals surface area contributed by atoms with Crippen LogP contribution in [-0.2, 0) is 9.53 Å². The van der Waals surface area contributed by atoms with Crippen molar-refractivity contribution < 1.29 is 9.53 Å². The van der Waals surface area contributed by atoms with E-state index < -0.39 is 0 Å². The summed E-state index contributed by atoms with van der Waals surface area (Å²) in [6.07, 6.45) is 0. The standard InChI is InChI=1S/C24H22ClN3O2S/c1-16-5-7-17(8-6-16)20(27-26-19-11-9-18(25)10-12-19)15-30-21-14-28(2)24(29)23(21)22-4-3-13-31-22/h3-13,26H,14-15H2,1-2H3. The molecule has 0 spiro atoms. The first-order chi connectivity index (χ1) is 15.0. The largest absolute Gasteiger partial charge is 0.489 e. The number of aryl methyl sites for hydroxylation is 1. The minimum atomic E-state index is -0.0226. The molecule has 158 valence electrons. The molecule has 1 N–H and O–H groups in total. The number of hydrogen-bond donors (Lipinski definition) is 1. The summed E-state index contributed by atoms with van der Waals surface area (Å²) in [4.78, 5) is 15.2. The van der Waals surface area contributed by atoms with Crippen LogP contribution in [0.5, 0.6) is 0 Å². The van der Waals surface area contributed by atoms with E-state index in [4.69, 9.17) is 16.3 Å². The minimum Gasteiger partial charge on any atom is -0.489 e. The van der Waals surface area contributed by atoms with E-state index in [-0.39, 0.29) is 12.5 Å². The van der Waals surface area contributed by atoms with Gasteiger partial charge in [-0.2, -0.15) is 5.10 Å². The summed E-state index contributed by atoms with van der Waals surface area (Å²) in [7, 11) is 1.78. The predicted octanol–water partition coefficient (Wildman–Crippen LogP) is 5.43. The lowest BCUT2D eigenvalue weighted by atomic mass is 10.1. The van der Waals surface area contributed by atoms with E-state index in [0.29, 0.717) is 22.9 Å². The summed E-state index contributed by atoms with van der Waals surface area (Å²) in [5.74, 6) is 0.645. The highest BCUT2D eigenvalue weighted by atomic mass is 35.5. The van der Waals surface area contributed by atoms with E-state index in [1.807, 2.05) is 60.8 Å². The van der Waals surface area contributed by atoms with Gasteiger partial charge in [0.15, 0.2) is 0 Å². The zero-order valence-corrected chi connectivity index (χ0v) is 18.8. The summed E-state index contributed by atoms with van der Waals surface area (Å²) >= 11 is 7.50. The van der Waals surface area contributed by atoms with Crippen molar-refractivity contribution in [2.24, 2.45) is 5.10 Å². The highest BCUT2D eigenvalue weighted by Gasteiger charge is 2.31. The molecule has 0 aliphatic carbocycles. The third kappa shape index (κ3) is 4.98. The van der Waals surface area contributed by atoms with Gasteiger partial charge in [0.25, 0.3) is 5.91 Å². The van der Waals surface area contributed by atoms with Crippen molar-refractivity contribution in [3.63, 3.8) is 0 Å². The SMILES string of the molecule is Cc1ccc(C(COC2=C(c3cccs3)C(=O)N(C)C2)=NNc2ccc(Cl)cc2)cc1. The van der Waals surface area contributed by atoms with Crippen LogP contribution in [0.4, 0.5) is 5.69 Å². The van der Waals surface area contributed by atoms with Gasteiger partial charge >= 0.3 is 0 Å². The number of amides is 1. The average Bonchev–Trinajstić information content (AvgIpc) is 3.38. The molecular formula is C24H22ClN3O2S. The maximum Gasteiger partial charge on any atom is 0.258 e. The van der Waals surface area contributed by atoms with Crippen LogP contribution in [0.25, 0.3) is 5.57 Å². The second kappa shape index (κ2) is 9.37. The van der Waals surface area contributed by atoms with Crippen LogP contribution in [0.15, 0.2) is 76.9 Å². The van der Waals surface area contributed by atoms with Gasteiger partial charge in [0.2, 0.25) is 0 Å². The fraction of sp³-hybridized carbons (Fsp3) is 0.167. The molecule has 7 heteroatoms. The molecule has 0 saturated heterocycles. The Labute approximate surface area is 190 Å². The number of nitrogens with one attached hydrogen (secondary N) is 1. The summed E-state index contributed by atoms with van der Waals surface area (Å²) in [5, 5.41) is 7.22. The smallest absolute Gasteiger partial charge is 0.258 e. The molecule has 5 nitrogen and oxygen atoms in total. The lowest BCUT2D eigenvalue weighted by Crippen LogP contribution is -2.21. The molecule has 2 aromatic carbocycles. The van der Waals surface area contributed by atoms with Gasteiger partial charge < -0.3 is 9.64 Å². The molecule has 1 aliphatic heterocycles. The quantitative estimate of drug-likeness (QED) is 0.385. The molecule has 1 amide bonds. The molecule has 0 saturated carbocycles. The third-order valence-electron chi connectivity index (χ3n) is 4.92. The van der Waals surface area contributed by atoms with E-state index in [9.17, 15) is 4.79 Å². The number of carbonyl (C=O) groups excluding carboxylic acids is 1. The predicted molar refractivity (Wildman–Crippen MR) is 128 cm³/mol. The number of thiophene rings is 1. The minimum absolute atomic E-state index is 0.0226. The fourth-order valence-corrected chi connectivity index (χ4v) is 4.10. The first-order valence-corrected chi connectivity index (χ1v) is 11.1. The number of benzene rings is 2. The van der Waals surface area contributed by atoms with Gasteiger partial charge in [0.05, 0.1) is 17.8 Å². The molecule has 0 atom stereocenters. The molecule has 4 rings (SSSR count). The van der Waals surface area contributed by atoms with Crippen LogP contribution in [0, 0.1) is 6.92 Å². The number of anilines is 1. The van der Waals surface area contributed by atoms with E-state index in [1.165, 1.54) is 16.9 Å². The van der Waals surface area contributed by atoms with Crippen molar-refractivity contribution in [2.75, 3.05) is 25.6 Å². The fourth-order valence-electron chi connectivity index (χ4n) is 3.20. The number of nitrogens with zero attached hydrogens (tertiary/aromatic N) is 2. The van der Waals surface area contributed by atoms with Gasteiger partial charge in [-0.05, 0) is 42.6 Å². The average molecular weight is 452 g/mol. The summed E-state index contributed by atoms with van der Waals surface area (Å²) in [5.41, 5.74) is 7.37. The van der Waals surface area contributed by atoms with Crippen LogP contribution in [-0.4, -0.2) is 36.7 Å². The van der Waals surface area contributed by atoms with E-state index in [2.05, 4.69) is 10.5 Å². The van der Waals surface area contributed by atoms with Crippen LogP contribution in [0.2, 0.25) is 5.02 Å². The van der Waals surface area contributed by atoms with Crippen LogP contribution in [0.1, 0.15) is 16.0 Å². The molecule has 0 radical (unpaired) electrons. The maximum atomic E-state index is 12.6. The van der Waals surface area contributed by atoms with Crippen molar-refractivity contribution in [3.05, 3.63) is 92.8 Å². The van der Waals surface area contributed by atoms with Crippen LogP contribution in [0.3, 0.4) is 0 Å². The van der Waals surface area contributed by atoms with Gasteiger partial charge in [0, 0.05) is 22.5 Å². The number of carbonyl (C=O) groups is 1. The second-order valence-electron chi connectivity index (χ2n) is 7.27.